The fraction of sp³-hybridized carbons (Fsp3) is 0.406. The fourth-order valence-corrected chi connectivity index (χ4v) is 6.92. The number of halogens is 1. The third kappa shape index (κ3) is 7.05. The molecule has 1 amide bonds. The fourth-order valence-electron chi connectivity index (χ4n) is 5.54. The summed E-state index contributed by atoms with van der Waals surface area (Å²) in [4.78, 5) is 22.5. The van der Waals surface area contributed by atoms with Crippen molar-refractivity contribution in [1.29, 1.82) is 0 Å². The number of fused-ring (bicyclic) bond motifs is 2. The normalized spacial score (nSPS) is 22.0. The molecule has 46 heavy (non-hydrogen) atoms. The van der Waals surface area contributed by atoms with Crippen LogP contribution < -0.4 is 4.74 Å². The Kier molecular flexibility index (Phi) is 9.62. The second-order valence-corrected chi connectivity index (χ2v) is 19.8. The summed E-state index contributed by atoms with van der Waals surface area (Å²) in [6.07, 6.45) is -0.670. The maximum atomic E-state index is 12.7. The van der Waals surface area contributed by atoms with Gasteiger partial charge in [0.1, 0.15) is 30.6 Å². The van der Waals surface area contributed by atoms with Gasteiger partial charge in [-0.2, -0.15) is 9.35 Å². The zero-order chi connectivity index (χ0) is 32.6. The number of hydrogen-bond donors (Lipinski definition) is 2. The summed E-state index contributed by atoms with van der Waals surface area (Å²) in [6, 6.07) is 17.7. The molecular formula is C32H37ClN4O7SSi. The highest BCUT2D eigenvalue weighted by Gasteiger charge is 2.49. The quantitative estimate of drug-likeness (QED) is 0.133. The van der Waals surface area contributed by atoms with Crippen LogP contribution in [-0.2, 0) is 31.5 Å². The van der Waals surface area contributed by atoms with Crippen molar-refractivity contribution in [3.63, 3.8) is 0 Å². The summed E-state index contributed by atoms with van der Waals surface area (Å²) in [5.41, 5.74) is 4.03. The molecule has 11 nitrogen and oxygen atoms in total. The highest BCUT2D eigenvalue weighted by atomic mass is 35.5. The summed E-state index contributed by atoms with van der Waals surface area (Å²) in [6.45, 7) is 8.02. The number of benzene rings is 2. The zero-order valence-corrected chi connectivity index (χ0v) is 28.7. The predicted octanol–water partition coefficient (Wildman–Crippen LogP) is 5.07. The zero-order valence-electron chi connectivity index (χ0n) is 26.1. The molecule has 6 rings (SSSR count). The van der Waals surface area contributed by atoms with Crippen LogP contribution in [0.25, 0.3) is 33.5 Å². The molecule has 244 valence electrons. The molecule has 2 fully saturated rings. The van der Waals surface area contributed by atoms with Crippen LogP contribution in [0.4, 0.5) is 0 Å². The van der Waals surface area contributed by atoms with Gasteiger partial charge >= 0.3 is 6.01 Å². The molecule has 0 aliphatic carbocycles. The molecular weight excluding hydrogens is 648 g/mol. The van der Waals surface area contributed by atoms with Crippen molar-refractivity contribution in [3.05, 3.63) is 65.2 Å². The van der Waals surface area contributed by atoms with E-state index in [0.29, 0.717) is 45.2 Å². The molecule has 2 aliphatic rings. The maximum absolute atomic E-state index is 12.7. The molecule has 5 atom stereocenters. The van der Waals surface area contributed by atoms with E-state index in [0.717, 1.165) is 11.6 Å². The van der Waals surface area contributed by atoms with Gasteiger partial charge in [0.2, 0.25) is 0 Å². The van der Waals surface area contributed by atoms with Crippen molar-refractivity contribution in [1.82, 2.24) is 14.5 Å². The van der Waals surface area contributed by atoms with Gasteiger partial charge in [0.25, 0.3) is 5.91 Å². The van der Waals surface area contributed by atoms with E-state index in [2.05, 4.69) is 24.0 Å². The second-order valence-electron chi connectivity index (χ2n) is 12.6. The molecule has 0 radical (unpaired) electrons. The monoisotopic (exact) mass is 684 g/mol. The van der Waals surface area contributed by atoms with E-state index >= 15 is 0 Å². The Labute approximate surface area is 275 Å². The number of nitrogens with zero attached hydrogens (tertiary/aromatic N) is 4. The van der Waals surface area contributed by atoms with Gasteiger partial charge in [-0.05, 0) is 35.4 Å². The Morgan fingerprint density at radius 1 is 1.09 bits per heavy atom. The summed E-state index contributed by atoms with van der Waals surface area (Å²) in [5.74, 6) is -0.561. The Morgan fingerprint density at radius 2 is 1.85 bits per heavy atom. The largest absolute Gasteiger partial charge is 0.456 e. The van der Waals surface area contributed by atoms with Crippen molar-refractivity contribution >= 4 is 47.3 Å². The molecule has 0 saturated carbocycles. The minimum Gasteiger partial charge on any atom is -0.456 e. The van der Waals surface area contributed by atoms with E-state index in [4.69, 9.17) is 40.5 Å². The lowest BCUT2D eigenvalue weighted by atomic mass is 9.95. The molecule has 1 N–H and O–H groups in total. The number of carbonyl (C=O) groups is 1. The van der Waals surface area contributed by atoms with Crippen molar-refractivity contribution < 1.29 is 33.1 Å². The average Bonchev–Trinajstić information content (AvgIpc) is 3.69. The predicted molar refractivity (Wildman–Crippen MR) is 180 cm³/mol. The van der Waals surface area contributed by atoms with E-state index in [1.54, 1.807) is 28.8 Å². The van der Waals surface area contributed by atoms with Crippen LogP contribution in [0.2, 0.25) is 30.7 Å². The van der Waals surface area contributed by atoms with Gasteiger partial charge in [0.15, 0.2) is 11.8 Å². The number of ether oxygens (including phenoxy) is 4. The number of thiol groups is 1. The van der Waals surface area contributed by atoms with Gasteiger partial charge in [-0.25, -0.2) is 4.98 Å². The summed E-state index contributed by atoms with van der Waals surface area (Å²) < 4.78 is 41.2. The highest BCUT2D eigenvalue weighted by molar-refractivity contribution is 7.74. The first-order valence-corrected chi connectivity index (χ1v) is 20.8. The Bertz CT molecular complexity index is 1840. The lowest BCUT2D eigenvalue weighted by Gasteiger charge is -2.19. The first-order valence-electron chi connectivity index (χ1n) is 15.1. The molecule has 0 bridgehead atoms. The molecule has 4 aromatic rings. The van der Waals surface area contributed by atoms with Gasteiger partial charge in [0, 0.05) is 42.7 Å². The maximum Gasteiger partial charge on any atom is 0.301 e. The van der Waals surface area contributed by atoms with E-state index in [-0.39, 0.29) is 26.0 Å². The van der Waals surface area contributed by atoms with E-state index < -0.39 is 49.0 Å². The van der Waals surface area contributed by atoms with Crippen LogP contribution in [-0.4, -0.2) is 88.3 Å². The van der Waals surface area contributed by atoms with Gasteiger partial charge in [-0.3, -0.25) is 13.6 Å². The smallest absolute Gasteiger partial charge is 0.301 e. The molecule has 2 aromatic carbocycles. The second kappa shape index (κ2) is 13.5. The van der Waals surface area contributed by atoms with Crippen LogP contribution >= 0.6 is 11.6 Å². The molecule has 4 heterocycles. The van der Waals surface area contributed by atoms with Crippen LogP contribution in [0, 0.1) is 0 Å². The van der Waals surface area contributed by atoms with E-state index in [1.165, 1.54) is 6.26 Å². The topological polar surface area (TPSA) is 134 Å². The van der Waals surface area contributed by atoms with Crippen molar-refractivity contribution in [2.45, 2.75) is 56.8 Å². The summed E-state index contributed by atoms with van der Waals surface area (Å²) in [7, 11) is -3.33. The Balaban J connectivity index is 1.43. The van der Waals surface area contributed by atoms with Crippen LogP contribution in [0.1, 0.15) is 10.4 Å². The number of imidazole rings is 1. The lowest BCUT2D eigenvalue weighted by Crippen LogP contribution is -2.35. The number of rotatable bonds is 10. The van der Waals surface area contributed by atoms with Gasteiger partial charge in [-0.1, -0.05) is 67.6 Å². The van der Waals surface area contributed by atoms with Crippen LogP contribution in [0.5, 0.6) is 6.01 Å². The first-order chi connectivity index (χ1) is 22.0. The summed E-state index contributed by atoms with van der Waals surface area (Å²) in [5, 5.41) is 10.6. The van der Waals surface area contributed by atoms with Crippen LogP contribution in [0.3, 0.4) is 0 Å². The number of aliphatic hydroxyl groups is 1. The van der Waals surface area contributed by atoms with E-state index in [9.17, 15) is 14.1 Å². The molecule has 0 spiro atoms. The number of aromatic nitrogens is 3. The van der Waals surface area contributed by atoms with Gasteiger partial charge in [0.05, 0.1) is 23.9 Å². The first kappa shape index (κ1) is 32.8. The average molecular weight is 685 g/mol. The standard InChI is InChI=1S/C32H37ClN4O7SSi/c1-45(40)36-31(39)20-10-11-21(22(14-20)19-8-6-5-7-9-19)27-23(33)15-24-30(35-27)37(18-41-12-13-46(2,3)4)32(34-24)44-26-17-43-28-25(38)16-42-29(26)28/h5-11,14-15,25-26,28-29,38,45H,12-13,16-18H2,1-4H3/t25-,26-,28-,29-/m1/s1. The van der Waals surface area contributed by atoms with E-state index in [1.807, 2.05) is 30.3 Å². The van der Waals surface area contributed by atoms with Gasteiger partial charge in [-0.15, -0.1) is 0 Å². The third-order valence-corrected chi connectivity index (χ3v) is 10.4. The molecule has 2 aromatic heterocycles. The number of aliphatic hydroxyl groups excluding tert-OH is 1. The van der Waals surface area contributed by atoms with Gasteiger partial charge < -0.3 is 24.1 Å². The minimum atomic E-state index is -2.00. The highest BCUT2D eigenvalue weighted by Crippen LogP contribution is 2.38. The third-order valence-electron chi connectivity index (χ3n) is 7.93. The Morgan fingerprint density at radius 3 is 2.59 bits per heavy atom. The Hall–Kier alpha value is -3.17. The lowest BCUT2D eigenvalue weighted by molar-refractivity contribution is 0.00336. The summed E-state index contributed by atoms with van der Waals surface area (Å²) >= 11 is 6.90. The number of amides is 1. The molecule has 2 aliphatic heterocycles. The number of carbonyl (C=O) groups excluding carboxylic acids is 1. The van der Waals surface area contributed by atoms with Crippen molar-refractivity contribution in [3.8, 4) is 28.4 Å². The number of hydrogen-bond acceptors (Lipinski definition) is 9. The molecule has 1 unspecified atom stereocenters. The van der Waals surface area contributed by atoms with Crippen molar-refractivity contribution in [2.24, 2.45) is 4.36 Å². The SMILES string of the molecule is C/[SH](=O)=N/C(=O)c1ccc(-c2nc3c(cc2Cl)nc(O[C@@H]2CO[C@H]4[C@@H]2OC[C@H]4O)n3COCC[Si](C)(C)C)c(-c2ccccc2)c1. The van der Waals surface area contributed by atoms with Crippen LogP contribution in [0.15, 0.2) is 59.0 Å². The molecule has 14 heteroatoms. The molecule has 2 saturated heterocycles. The number of pyridine rings is 1. The van der Waals surface area contributed by atoms with Crippen molar-refractivity contribution in [2.75, 3.05) is 26.1 Å². The minimum absolute atomic E-state index is 0.144.